The van der Waals surface area contributed by atoms with E-state index in [1.807, 2.05) is 0 Å². The molecule has 0 saturated heterocycles. The van der Waals surface area contributed by atoms with Gasteiger partial charge in [-0.2, -0.15) is 0 Å². The lowest BCUT2D eigenvalue weighted by molar-refractivity contribution is 0.590. The highest BCUT2D eigenvalue weighted by Crippen LogP contribution is 2.55. The maximum atomic E-state index is 2.55. The molecular weight excluding hydrogens is 723 g/mol. The summed E-state index contributed by atoms with van der Waals surface area (Å²) in [6.45, 7) is 11.7. The molecule has 60 heavy (non-hydrogen) atoms. The molecule has 0 fully saturated rings. The van der Waals surface area contributed by atoms with E-state index in [0.717, 1.165) is 17.1 Å². The summed E-state index contributed by atoms with van der Waals surface area (Å²) in [5.74, 6) is 0. The van der Waals surface area contributed by atoms with Crippen LogP contribution in [0.25, 0.3) is 66.4 Å². The molecule has 0 radical (unpaired) electrons. The van der Waals surface area contributed by atoms with Gasteiger partial charge in [0.1, 0.15) is 0 Å². The van der Waals surface area contributed by atoms with Gasteiger partial charge in [0.2, 0.25) is 0 Å². The van der Waals surface area contributed by atoms with Gasteiger partial charge in [-0.25, -0.2) is 0 Å². The van der Waals surface area contributed by atoms with E-state index in [1.165, 1.54) is 83.1 Å². The summed E-state index contributed by atoms with van der Waals surface area (Å²) >= 11 is 0. The molecule has 0 spiro atoms. The summed E-state index contributed by atoms with van der Waals surface area (Å²) in [5.41, 5.74) is 19.5. The van der Waals surface area contributed by atoms with E-state index in [9.17, 15) is 0 Å². The smallest absolute Gasteiger partial charge is 0.0540 e. The maximum absolute atomic E-state index is 2.55. The van der Waals surface area contributed by atoms with Gasteiger partial charge in [0.15, 0.2) is 0 Å². The SMILES string of the molecule is CC(C)(C)c1ccc(N(c2ccccc2-c2cccc3c2-c2ccccc2C3(C)C)c2ccccc2-c2cccc3cccc(-c4ccccc4)c23)c(-c2ccccc2)c1. The van der Waals surface area contributed by atoms with Crippen molar-refractivity contribution in [3.63, 3.8) is 0 Å². The molecule has 290 valence electrons. The van der Waals surface area contributed by atoms with E-state index >= 15 is 0 Å². The first kappa shape index (κ1) is 37.3. The average molecular weight is 772 g/mol. The Morgan fingerprint density at radius 2 is 0.833 bits per heavy atom. The number of hydrogen-bond acceptors (Lipinski definition) is 1. The summed E-state index contributed by atoms with van der Waals surface area (Å²) in [6.07, 6.45) is 0. The molecule has 1 nitrogen and oxygen atoms in total. The molecule has 0 unspecified atom stereocenters. The van der Waals surface area contributed by atoms with E-state index in [1.54, 1.807) is 0 Å². The van der Waals surface area contributed by atoms with Crippen LogP contribution in [0.15, 0.2) is 206 Å². The number of nitrogens with zero attached hydrogens (tertiary/aromatic N) is 1. The van der Waals surface area contributed by atoms with Gasteiger partial charge in [0.25, 0.3) is 0 Å². The zero-order valence-corrected chi connectivity index (χ0v) is 35.1. The Labute approximate surface area is 355 Å². The van der Waals surface area contributed by atoms with Gasteiger partial charge >= 0.3 is 0 Å². The third-order valence-electron chi connectivity index (χ3n) is 12.7. The zero-order valence-electron chi connectivity index (χ0n) is 35.1. The Kier molecular flexibility index (Phi) is 9.14. The number of anilines is 3. The van der Waals surface area contributed by atoms with Gasteiger partial charge in [0, 0.05) is 22.1 Å². The minimum Gasteiger partial charge on any atom is -0.309 e. The zero-order chi connectivity index (χ0) is 41.0. The molecule has 0 bridgehead atoms. The summed E-state index contributed by atoms with van der Waals surface area (Å²) in [7, 11) is 0. The summed E-state index contributed by atoms with van der Waals surface area (Å²) in [4.78, 5) is 2.55. The second-order valence-corrected chi connectivity index (χ2v) is 17.7. The number of fused-ring (bicyclic) bond motifs is 4. The molecule has 0 heterocycles. The number of para-hydroxylation sites is 2. The fraction of sp³-hybridized carbons (Fsp3) is 0.119. The van der Waals surface area contributed by atoms with Crippen LogP contribution < -0.4 is 4.90 Å². The van der Waals surface area contributed by atoms with E-state index in [0.29, 0.717) is 0 Å². The van der Waals surface area contributed by atoms with Crippen molar-refractivity contribution >= 4 is 27.8 Å². The van der Waals surface area contributed by atoms with Gasteiger partial charge in [0.05, 0.1) is 17.1 Å². The summed E-state index contributed by atoms with van der Waals surface area (Å²) < 4.78 is 0. The van der Waals surface area contributed by atoms with Crippen LogP contribution in [-0.4, -0.2) is 0 Å². The summed E-state index contributed by atoms with van der Waals surface area (Å²) in [5, 5.41) is 2.47. The van der Waals surface area contributed by atoms with Crippen LogP contribution >= 0.6 is 0 Å². The molecule has 1 heteroatoms. The van der Waals surface area contributed by atoms with Crippen molar-refractivity contribution in [1.29, 1.82) is 0 Å². The molecule has 0 atom stereocenters. The quantitative estimate of drug-likeness (QED) is 0.156. The normalized spacial score (nSPS) is 12.9. The van der Waals surface area contributed by atoms with Gasteiger partial charge in [-0.05, 0) is 96.1 Å². The van der Waals surface area contributed by atoms with Crippen molar-refractivity contribution in [3.05, 3.63) is 223 Å². The van der Waals surface area contributed by atoms with E-state index in [4.69, 9.17) is 0 Å². The minimum absolute atomic E-state index is 0.0374. The third-order valence-corrected chi connectivity index (χ3v) is 12.7. The van der Waals surface area contributed by atoms with Crippen LogP contribution in [0.3, 0.4) is 0 Å². The molecule has 0 N–H and O–H groups in total. The van der Waals surface area contributed by atoms with Crippen molar-refractivity contribution in [2.24, 2.45) is 0 Å². The monoisotopic (exact) mass is 771 g/mol. The molecule has 0 aromatic heterocycles. The predicted octanol–water partition coefficient (Wildman–Crippen LogP) is 16.6. The Bertz CT molecular complexity index is 3030. The highest BCUT2D eigenvalue weighted by Gasteiger charge is 2.37. The second kappa shape index (κ2) is 14.7. The van der Waals surface area contributed by atoms with Crippen molar-refractivity contribution in [3.8, 4) is 55.6 Å². The number of hydrogen-bond donors (Lipinski definition) is 0. The molecule has 10 rings (SSSR count). The first-order chi connectivity index (χ1) is 29.2. The molecule has 9 aromatic carbocycles. The molecule has 0 amide bonds. The fourth-order valence-corrected chi connectivity index (χ4v) is 9.63. The standard InChI is InChI=1S/C59H49N/c1-58(2,3)43-37-38-55(50(39-43)41-23-10-7-11-24-41)60(54-36-17-14-28-46(54)48-32-20-34-52-57(48)49-29-12-15-33-51(49)59(52,4)5)53-35-16-13-27-45(53)47-31-19-26-42-25-18-30-44(56(42)47)40-21-8-6-9-22-40/h6-39H,1-5H3. The van der Waals surface area contributed by atoms with Crippen LogP contribution in [-0.2, 0) is 10.8 Å². The Morgan fingerprint density at radius 3 is 1.48 bits per heavy atom. The lowest BCUT2D eigenvalue weighted by Gasteiger charge is -2.33. The lowest BCUT2D eigenvalue weighted by atomic mass is 9.82. The van der Waals surface area contributed by atoms with Crippen LogP contribution in [0.2, 0.25) is 0 Å². The number of benzene rings is 9. The van der Waals surface area contributed by atoms with Gasteiger partial charge < -0.3 is 4.90 Å². The van der Waals surface area contributed by atoms with Crippen molar-refractivity contribution < 1.29 is 0 Å². The minimum atomic E-state index is -0.114. The predicted molar refractivity (Wildman–Crippen MR) is 257 cm³/mol. The van der Waals surface area contributed by atoms with E-state index in [-0.39, 0.29) is 10.8 Å². The Balaban J connectivity index is 1.30. The molecule has 9 aromatic rings. The van der Waals surface area contributed by atoms with Gasteiger partial charge in [-0.3, -0.25) is 0 Å². The second-order valence-electron chi connectivity index (χ2n) is 17.7. The first-order valence-corrected chi connectivity index (χ1v) is 21.2. The molecule has 0 saturated carbocycles. The maximum Gasteiger partial charge on any atom is 0.0540 e. The Hall–Kier alpha value is -6.96. The van der Waals surface area contributed by atoms with Gasteiger partial charge in [-0.1, -0.05) is 217 Å². The highest BCUT2D eigenvalue weighted by atomic mass is 15.1. The topological polar surface area (TPSA) is 3.24 Å². The molecule has 0 aliphatic heterocycles. The van der Waals surface area contributed by atoms with E-state index < -0.39 is 0 Å². The highest BCUT2D eigenvalue weighted by molar-refractivity contribution is 6.10. The fourth-order valence-electron chi connectivity index (χ4n) is 9.63. The molecule has 1 aliphatic rings. The van der Waals surface area contributed by atoms with Crippen LogP contribution in [0.5, 0.6) is 0 Å². The number of rotatable bonds is 7. The summed E-state index contributed by atoms with van der Waals surface area (Å²) in [6, 6.07) is 76.3. The third kappa shape index (κ3) is 6.25. The lowest BCUT2D eigenvalue weighted by Crippen LogP contribution is -2.16. The first-order valence-electron chi connectivity index (χ1n) is 21.2. The van der Waals surface area contributed by atoms with Crippen LogP contribution in [0.4, 0.5) is 17.1 Å². The largest absolute Gasteiger partial charge is 0.309 e. The van der Waals surface area contributed by atoms with Crippen molar-refractivity contribution in [2.75, 3.05) is 4.90 Å². The van der Waals surface area contributed by atoms with Crippen LogP contribution in [0, 0.1) is 0 Å². The van der Waals surface area contributed by atoms with Crippen molar-refractivity contribution in [1.82, 2.24) is 0 Å². The molecular formula is C59H49N. The van der Waals surface area contributed by atoms with Crippen LogP contribution in [0.1, 0.15) is 51.3 Å². The Morgan fingerprint density at radius 1 is 0.367 bits per heavy atom. The van der Waals surface area contributed by atoms with E-state index in [2.05, 4.69) is 246 Å². The average Bonchev–Trinajstić information content (AvgIpc) is 3.52. The van der Waals surface area contributed by atoms with Gasteiger partial charge in [-0.15, -0.1) is 0 Å². The van der Waals surface area contributed by atoms with Crippen molar-refractivity contribution in [2.45, 2.75) is 45.4 Å². The molecule has 1 aliphatic carbocycles.